The van der Waals surface area contributed by atoms with E-state index in [-0.39, 0.29) is 12.3 Å². The summed E-state index contributed by atoms with van der Waals surface area (Å²) < 4.78 is 5.61. The van der Waals surface area contributed by atoms with Gasteiger partial charge in [0.05, 0.1) is 18.6 Å². The van der Waals surface area contributed by atoms with E-state index in [1.54, 1.807) is 11.3 Å². The van der Waals surface area contributed by atoms with Crippen molar-refractivity contribution in [1.82, 2.24) is 0 Å². The van der Waals surface area contributed by atoms with E-state index in [0.717, 1.165) is 37.0 Å². The van der Waals surface area contributed by atoms with Crippen LogP contribution in [-0.2, 0) is 24.1 Å². The van der Waals surface area contributed by atoms with Crippen molar-refractivity contribution < 1.29 is 9.53 Å². The molecule has 1 heterocycles. The Morgan fingerprint density at radius 2 is 2.12 bits per heavy atom. The Hall–Kier alpha value is -2.32. The number of hydrogen-bond donors (Lipinski definition) is 1. The van der Waals surface area contributed by atoms with E-state index in [0.29, 0.717) is 17.2 Å². The summed E-state index contributed by atoms with van der Waals surface area (Å²) in [5, 5.41) is 12.9. The van der Waals surface area contributed by atoms with Gasteiger partial charge >= 0.3 is 0 Å². The Balaban J connectivity index is 1.52. The molecule has 0 unspecified atom stereocenters. The minimum absolute atomic E-state index is 0.114. The largest absolute Gasteiger partial charge is 0.493 e. The predicted molar refractivity (Wildman–Crippen MR) is 95.6 cm³/mol. The number of nitriles is 1. The fourth-order valence-corrected chi connectivity index (χ4v) is 4.14. The molecule has 4 nitrogen and oxygen atoms in total. The first-order valence-electron chi connectivity index (χ1n) is 8.27. The van der Waals surface area contributed by atoms with Gasteiger partial charge in [0.2, 0.25) is 5.91 Å². The zero-order valence-corrected chi connectivity index (χ0v) is 14.5. The molecule has 2 aromatic rings. The van der Waals surface area contributed by atoms with E-state index < -0.39 is 0 Å². The molecule has 0 saturated heterocycles. The fraction of sp³-hybridized carbons (Fsp3) is 0.368. The third-order valence-electron chi connectivity index (χ3n) is 4.22. The summed E-state index contributed by atoms with van der Waals surface area (Å²) in [5.74, 6) is 0.657. The zero-order valence-electron chi connectivity index (χ0n) is 13.7. The van der Waals surface area contributed by atoms with Gasteiger partial charge in [0, 0.05) is 4.88 Å². The summed E-state index contributed by atoms with van der Waals surface area (Å²) in [5.41, 5.74) is 3.04. The molecule has 0 aliphatic heterocycles. The van der Waals surface area contributed by atoms with Gasteiger partial charge in [-0.1, -0.05) is 19.1 Å². The maximum atomic E-state index is 12.1. The molecule has 1 amide bonds. The standard InChI is InChI=1S/C19H20N2O2S/c1-2-13-6-8-14(9-7-13)23-11-10-18(22)21-19-16(12-20)15-4-3-5-17(15)24-19/h6-9H,2-5,10-11H2,1H3,(H,21,22). The second kappa shape index (κ2) is 7.50. The molecule has 124 valence electrons. The summed E-state index contributed by atoms with van der Waals surface area (Å²) in [6.45, 7) is 2.43. The maximum Gasteiger partial charge on any atom is 0.228 e. The van der Waals surface area contributed by atoms with Gasteiger partial charge in [-0.05, 0) is 48.9 Å². The highest BCUT2D eigenvalue weighted by atomic mass is 32.1. The van der Waals surface area contributed by atoms with E-state index in [2.05, 4.69) is 18.3 Å². The van der Waals surface area contributed by atoms with E-state index in [1.165, 1.54) is 10.4 Å². The molecule has 1 aromatic carbocycles. The summed E-state index contributed by atoms with van der Waals surface area (Å²) in [6.07, 6.45) is 4.33. The first-order chi connectivity index (χ1) is 11.7. The van der Waals surface area contributed by atoms with Gasteiger partial charge in [0.25, 0.3) is 0 Å². The highest BCUT2D eigenvalue weighted by Gasteiger charge is 2.22. The van der Waals surface area contributed by atoms with Crippen molar-refractivity contribution in [3.05, 3.63) is 45.8 Å². The third-order valence-corrected chi connectivity index (χ3v) is 5.42. The lowest BCUT2D eigenvalue weighted by molar-refractivity contribution is -0.116. The van der Waals surface area contributed by atoms with Crippen molar-refractivity contribution >= 4 is 22.2 Å². The van der Waals surface area contributed by atoms with Gasteiger partial charge in [-0.2, -0.15) is 5.26 Å². The van der Waals surface area contributed by atoms with E-state index in [1.807, 2.05) is 24.3 Å². The third kappa shape index (κ3) is 3.60. The van der Waals surface area contributed by atoms with Gasteiger partial charge in [0.1, 0.15) is 16.8 Å². The number of amides is 1. The Kier molecular flexibility index (Phi) is 5.17. The van der Waals surface area contributed by atoms with Crippen LogP contribution in [-0.4, -0.2) is 12.5 Å². The molecule has 0 bridgehead atoms. The summed E-state index contributed by atoms with van der Waals surface area (Å²) >= 11 is 1.54. The van der Waals surface area contributed by atoms with Gasteiger partial charge < -0.3 is 10.1 Å². The molecular weight excluding hydrogens is 320 g/mol. The Bertz CT molecular complexity index is 772. The van der Waals surface area contributed by atoms with Crippen LogP contribution in [0.1, 0.15) is 41.3 Å². The lowest BCUT2D eigenvalue weighted by atomic mass is 10.1. The normalized spacial score (nSPS) is 12.5. The zero-order chi connectivity index (χ0) is 16.9. The molecule has 5 heteroatoms. The average Bonchev–Trinajstić information content (AvgIpc) is 3.16. The molecule has 0 atom stereocenters. The molecule has 0 fully saturated rings. The number of nitrogens with zero attached hydrogens (tertiary/aromatic N) is 1. The molecular formula is C19H20N2O2S. The number of thiophene rings is 1. The molecule has 0 spiro atoms. The van der Waals surface area contributed by atoms with Crippen molar-refractivity contribution in [2.75, 3.05) is 11.9 Å². The number of ether oxygens (including phenoxy) is 1. The second-order valence-electron chi connectivity index (χ2n) is 5.82. The SMILES string of the molecule is CCc1ccc(OCCC(=O)Nc2sc3c(c2C#N)CCC3)cc1. The van der Waals surface area contributed by atoms with Crippen LogP contribution in [0.4, 0.5) is 5.00 Å². The van der Waals surface area contributed by atoms with Gasteiger partial charge in [-0.15, -0.1) is 11.3 Å². The topological polar surface area (TPSA) is 62.1 Å². The number of rotatable bonds is 6. The highest BCUT2D eigenvalue weighted by molar-refractivity contribution is 7.16. The number of nitrogens with one attached hydrogen (secondary N) is 1. The number of anilines is 1. The van der Waals surface area contributed by atoms with E-state index in [9.17, 15) is 10.1 Å². The molecule has 1 N–H and O–H groups in total. The minimum Gasteiger partial charge on any atom is -0.493 e. The fourth-order valence-electron chi connectivity index (χ4n) is 2.88. The molecule has 1 aromatic heterocycles. The van der Waals surface area contributed by atoms with E-state index >= 15 is 0 Å². The lowest BCUT2D eigenvalue weighted by Crippen LogP contribution is -2.15. The van der Waals surface area contributed by atoms with E-state index in [4.69, 9.17) is 4.74 Å². The average molecular weight is 340 g/mol. The molecule has 3 rings (SSSR count). The van der Waals surface area contributed by atoms with Crippen LogP contribution >= 0.6 is 11.3 Å². The van der Waals surface area contributed by atoms with Crippen LogP contribution in [0.3, 0.4) is 0 Å². The highest BCUT2D eigenvalue weighted by Crippen LogP contribution is 2.38. The monoisotopic (exact) mass is 340 g/mol. The van der Waals surface area contributed by atoms with Gasteiger partial charge in [0.15, 0.2) is 0 Å². The Morgan fingerprint density at radius 3 is 2.83 bits per heavy atom. The van der Waals surface area contributed by atoms with Gasteiger partial charge in [-0.3, -0.25) is 4.79 Å². The molecule has 24 heavy (non-hydrogen) atoms. The predicted octanol–water partition coefficient (Wildman–Crippen LogP) is 4.08. The van der Waals surface area contributed by atoms with Crippen molar-refractivity contribution in [2.45, 2.75) is 39.0 Å². The van der Waals surface area contributed by atoms with Crippen LogP contribution in [0.15, 0.2) is 24.3 Å². The summed E-state index contributed by atoms with van der Waals surface area (Å²) in [7, 11) is 0. The van der Waals surface area contributed by atoms with Crippen molar-refractivity contribution in [1.29, 1.82) is 5.26 Å². The van der Waals surface area contributed by atoms with Crippen LogP contribution in [0, 0.1) is 11.3 Å². The van der Waals surface area contributed by atoms with Crippen molar-refractivity contribution in [3.63, 3.8) is 0 Å². The minimum atomic E-state index is -0.114. The summed E-state index contributed by atoms with van der Waals surface area (Å²) in [4.78, 5) is 13.3. The van der Waals surface area contributed by atoms with Crippen LogP contribution in [0.2, 0.25) is 0 Å². The molecule has 0 radical (unpaired) electrons. The molecule has 1 aliphatic rings. The number of carbonyl (C=O) groups is 1. The first-order valence-corrected chi connectivity index (χ1v) is 9.09. The number of fused-ring (bicyclic) bond motifs is 1. The second-order valence-corrected chi connectivity index (χ2v) is 6.92. The summed E-state index contributed by atoms with van der Waals surface area (Å²) in [6, 6.07) is 10.1. The van der Waals surface area contributed by atoms with Crippen molar-refractivity contribution in [2.24, 2.45) is 0 Å². The van der Waals surface area contributed by atoms with Crippen LogP contribution in [0.5, 0.6) is 5.75 Å². The number of hydrogen-bond acceptors (Lipinski definition) is 4. The molecule has 0 saturated carbocycles. The molecule has 1 aliphatic carbocycles. The van der Waals surface area contributed by atoms with Gasteiger partial charge in [-0.25, -0.2) is 0 Å². The Labute approximate surface area is 146 Å². The van der Waals surface area contributed by atoms with Crippen LogP contribution < -0.4 is 10.1 Å². The van der Waals surface area contributed by atoms with Crippen molar-refractivity contribution in [3.8, 4) is 11.8 Å². The number of aryl methyl sites for hydroxylation is 2. The Morgan fingerprint density at radius 1 is 1.33 bits per heavy atom. The smallest absolute Gasteiger partial charge is 0.228 e. The number of carbonyl (C=O) groups excluding carboxylic acids is 1. The maximum absolute atomic E-state index is 12.1. The quantitative estimate of drug-likeness (QED) is 0.862. The van der Waals surface area contributed by atoms with Crippen LogP contribution in [0.25, 0.3) is 0 Å². The lowest BCUT2D eigenvalue weighted by Gasteiger charge is -2.07. The number of benzene rings is 1. The first kappa shape index (κ1) is 16.5.